The maximum absolute atomic E-state index is 10.5. The molecule has 6 heteroatoms. The smallest absolute Gasteiger partial charge is 0.325 e. The third kappa shape index (κ3) is 3.45. The van der Waals surface area contributed by atoms with Gasteiger partial charge in [0, 0.05) is 13.1 Å². The van der Waals surface area contributed by atoms with Crippen molar-refractivity contribution in [2.45, 2.75) is 25.5 Å². The number of aliphatic carboxylic acids is 1. The summed E-state index contributed by atoms with van der Waals surface area (Å²) in [5, 5.41) is 12.6. The van der Waals surface area contributed by atoms with Gasteiger partial charge in [-0.2, -0.15) is 5.10 Å². The van der Waals surface area contributed by atoms with Gasteiger partial charge in [0.1, 0.15) is 12.6 Å². The van der Waals surface area contributed by atoms with E-state index in [-0.39, 0.29) is 12.6 Å². The second-order valence-corrected chi connectivity index (χ2v) is 4.39. The number of carboxylic acid groups (broad SMARTS) is 1. The molecule has 0 radical (unpaired) electrons. The Bertz CT molecular complexity index is 383. The van der Waals surface area contributed by atoms with E-state index in [9.17, 15) is 4.79 Å². The van der Waals surface area contributed by atoms with Crippen LogP contribution in [0.5, 0.6) is 5.75 Å². The quantitative estimate of drug-likeness (QED) is 0.825. The molecule has 94 valence electrons. The van der Waals surface area contributed by atoms with Gasteiger partial charge in [0.25, 0.3) is 0 Å². The van der Waals surface area contributed by atoms with E-state index in [1.165, 1.54) is 4.68 Å². The first-order valence-corrected chi connectivity index (χ1v) is 5.73. The summed E-state index contributed by atoms with van der Waals surface area (Å²) in [5.74, 6) is -0.250. The molecule has 0 aromatic carbocycles. The molecule has 2 heterocycles. The van der Waals surface area contributed by atoms with Crippen LogP contribution < -0.4 is 4.74 Å². The van der Waals surface area contributed by atoms with Crippen LogP contribution >= 0.6 is 0 Å². The maximum Gasteiger partial charge on any atom is 0.325 e. The lowest BCUT2D eigenvalue weighted by atomic mass is 10.1. The minimum Gasteiger partial charge on any atom is -0.487 e. The second kappa shape index (κ2) is 5.18. The van der Waals surface area contributed by atoms with E-state index in [4.69, 9.17) is 9.84 Å². The van der Waals surface area contributed by atoms with Crippen molar-refractivity contribution in [3.63, 3.8) is 0 Å². The molecule has 0 amide bonds. The number of hydrogen-bond acceptors (Lipinski definition) is 4. The Morgan fingerprint density at radius 2 is 2.29 bits per heavy atom. The van der Waals surface area contributed by atoms with E-state index >= 15 is 0 Å². The standard InChI is InChI=1S/C11H17N3O3/c1-13-4-2-9(3-5-13)17-10-6-12-14(7-10)8-11(15)16/h6-7,9H,2-5,8H2,1H3,(H,15,16). The molecule has 1 aromatic heterocycles. The highest BCUT2D eigenvalue weighted by atomic mass is 16.5. The van der Waals surface area contributed by atoms with Gasteiger partial charge in [-0.15, -0.1) is 0 Å². The van der Waals surface area contributed by atoms with Gasteiger partial charge in [-0.3, -0.25) is 9.48 Å². The fourth-order valence-electron chi connectivity index (χ4n) is 1.93. The molecule has 1 aromatic rings. The van der Waals surface area contributed by atoms with Gasteiger partial charge < -0.3 is 14.7 Å². The van der Waals surface area contributed by atoms with Crippen LogP contribution in [0.2, 0.25) is 0 Å². The molecule has 1 N–H and O–H groups in total. The summed E-state index contributed by atoms with van der Waals surface area (Å²) in [6.07, 6.45) is 5.42. The van der Waals surface area contributed by atoms with Crippen molar-refractivity contribution in [1.29, 1.82) is 0 Å². The van der Waals surface area contributed by atoms with Crippen molar-refractivity contribution >= 4 is 5.97 Å². The highest BCUT2D eigenvalue weighted by molar-refractivity contribution is 5.66. The zero-order valence-corrected chi connectivity index (χ0v) is 9.87. The van der Waals surface area contributed by atoms with Crippen LogP contribution in [0.15, 0.2) is 12.4 Å². The Balaban J connectivity index is 1.86. The summed E-state index contributed by atoms with van der Waals surface area (Å²) in [6, 6.07) is 0. The van der Waals surface area contributed by atoms with E-state index in [1.54, 1.807) is 12.4 Å². The largest absolute Gasteiger partial charge is 0.487 e. The molecule has 0 bridgehead atoms. The third-order valence-electron chi connectivity index (χ3n) is 2.88. The first-order chi connectivity index (χ1) is 8.13. The molecule has 2 rings (SSSR count). The summed E-state index contributed by atoms with van der Waals surface area (Å²) in [6.45, 7) is 1.94. The second-order valence-electron chi connectivity index (χ2n) is 4.39. The van der Waals surface area contributed by atoms with Crippen LogP contribution in [-0.2, 0) is 11.3 Å². The number of piperidine rings is 1. The first-order valence-electron chi connectivity index (χ1n) is 5.73. The van der Waals surface area contributed by atoms with Crippen LogP contribution in [0.25, 0.3) is 0 Å². The third-order valence-corrected chi connectivity index (χ3v) is 2.88. The number of carbonyl (C=O) groups is 1. The molecule has 6 nitrogen and oxygen atoms in total. The zero-order chi connectivity index (χ0) is 12.3. The normalized spacial score (nSPS) is 18.2. The minimum atomic E-state index is -0.904. The van der Waals surface area contributed by atoms with Crippen molar-refractivity contribution in [1.82, 2.24) is 14.7 Å². The summed E-state index contributed by atoms with van der Waals surface area (Å²) < 4.78 is 7.13. The van der Waals surface area contributed by atoms with E-state index in [2.05, 4.69) is 17.0 Å². The monoisotopic (exact) mass is 239 g/mol. The lowest BCUT2D eigenvalue weighted by Crippen LogP contribution is -2.35. The summed E-state index contributed by atoms with van der Waals surface area (Å²) in [5.41, 5.74) is 0. The Morgan fingerprint density at radius 1 is 1.59 bits per heavy atom. The molecule has 0 atom stereocenters. The molecule has 1 fully saturated rings. The number of likely N-dealkylation sites (tertiary alicyclic amines) is 1. The van der Waals surface area contributed by atoms with E-state index in [0.717, 1.165) is 25.9 Å². The summed E-state index contributed by atoms with van der Waals surface area (Å²) in [4.78, 5) is 12.8. The Morgan fingerprint density at radius 3 is 2.94 bits per heavy atom. The van der Waals surface area contributed by atoms with Gasteiger partial charge in [-0.25, -0.2) is 0 Å². The summed E-state index contributed by atoms with van der Waals surface area (Å²) in [7, 11) is 2.10. The molecule has 1 saturated heterocycles. The predicted molar refractivity (Wildman–Crippen MR) is 61.0 cm³/mol. The average Bonchev–Trinajstić information content (AvgIpc) is 2.68. The first kappa shape index (κ1) is 11.9. The van der Waals surface area contributed by atoms with E-state index < -0.39 is 5.97 Å². The fraction of sp³-hybridized carbons (Fsp3) is 0.636. The van der Waals surface area contributed by atoms with Crippen molar-refractivity contribution < 1.29 is 14.6 Å². The molecule has 1 aliphatic rings. The van der Waals surface area contributed by atoms with Crippen LogP contribution in [-0.4, -0.2) is 52.0 Å². The van der Waals surface area contributed by atoms with Gasteiger partial charge in [-0.05, 0) is 19.9 Å². The number of rotatable bonds is 4. The molecule has 1 aliphatic heterocycles. The van der Waals surface area contributed by atoms with Crippen molar-refractivity contribution in [3.8, 4) is 5.75 Å². The van der Waals surface area contributed by atoms with Gasteiger partial charge in [0.2, 0.25) is 0 Å². The topological polar surface area (TPSA) is 67.6 Å². The van der Waals surface area contributed by atoms with Crippen molar-refractivity contribution in [2.24, 2.45) is 0 Å². The van der Waals surface area contributed by atoms with Crippen LogP contribution in [0.1, 0.15) is 12.8 Å². The molecule has 17 heavy (non-hydrogen) atoms. The zero-order valence-electron chi connectivity index (χ0n) is 9.87. The number of ether oxygens (including phenoxy) is 1. The Kier molecular flexibility index (Phi) is 3.63. The molecule has 0 unspecified atom stereocenters. The predicted octanol–water partition coefficient (Wildman–Crippen LogP) is 0.441. The van der Waals surface area contributed by atoms with Crippen LogP contribution in [0, 0.1) is 0 Å². The molecular weight excluding hydrogens is 222 g/mol. The number of nitrogens with zero attached hydrogens (tertiary/aromatic N) is 3. The average molecular weight is 239 g/mol. The van der Waals surface area contributed by atoms with Crippen LogP contribution in [0.3, 0.4) is 0 Å². The summed E-state index contributed by atoms with van der Waals surface area (Å²) >= 11 is 0. The molecular formula is C11H17N3O3. The maximum atomic E-state index is 10.5. The Labute approximate surface area is 99.8 Å². The lowest BCUT2D eigenvalue weighted by molar-refractivity contribution is -0.137. The van der Waals surface area contributed by atoms with Crippen LogP contribution in [0.4, 0.5) is 0 Å². The number of carboxylic acids is 1. The van der Waals surface area contributed by atoms with Gasteiger partial charge >= 0.3 is 5.97 Å². The lowest BCUT2D eigenvalue weighted by Gasteiger charge is -2.28. The van der Waals surface area contributed by atoms with Gasteiger partial charge in [0.05, 0.1) is 12.4 Å². The van der Waals surface area contributed by atoms with Gasteiger partial charge in [0.15, 0.2) is 5.75 Å². The van der Waals surface area contributed by atoms with E-state index in [1.807, 2.05) is 0 Å². The Hall–Kier alpha value is -1.56. The number of aromatic nitrogens is 2. The molecule has 0 saturated carbocycles. The van der Waals surface area contributed by atoms with Crippen molar-refractivity contribution in [2.75, 3.05) is 20.1 Å². The molecule has 0 spiro atoms. The SMILES string of the molecule is CN1CCC(Oc2cnn(CC(=O)O)c2)CC1. The number of hydrogen-bond donors (Lipinski definition) is 1. The molecule has 0 aliphatic carbocycles. The highest BCUT2D eigenvalue weighted by Gasteiger charge is 2.18. The fourth-order valence-corrected chi connectivity index (χ4v) is 1.93. The van der Waals surface area contributed by atoms with E-state index in [0.29, 0.717) is 5.75 Å². The minimum absolute atomic E-state index is 0.128. The van der Waals surface area contributed by atoms with Crippen molar-refractivity contribution in [3.05, 3.63) is 12.4 Å². The highest BCUT2D eigenvalue weighted by Crippen LogP contribution is 2.17. The van der Waals surface area contributed by atoms with Gasteiger partial charge in [-0.1, -0.05) is 0 Å².